The van der Waals surface area contributed by atoms with Crippen LogP contribution in [0.1, 0.15) is 41.1 Å². The molecule has 1 unspecified atom stereocenters. The number of nitriles is 1. The van der Waals surface area contributed by atoms with E-state index in [4.69, 9.17) is 0 Å². The molecule has 0 radical (unpaired) electrons. The predicted octanol–water partition coefficient (Wildman–Crippen LogP) is 4.36. The summed E-state index contributed by atoms with van der Waals surface area (Å²) >= 11 is 0. The van der Waals surface area contributed by atoms with Crippen LogP contribution in [0.25, 0.3) is 0 Å². The first-order valence-electron chi connectivity index (χ1n) is 7.13. The molecule has 0 spiro atoms. The topological polar surface area (TPSA) is 35.8 Å². The quantitative estimate of drug-likeness (QED) is 0.873. The molecule has 0 amide bonds. The highest BCUT2D eigenvalue weighted by molar-refractivity contribution is 5.61. The fourth-order valence-electron chi connectivity index (χ4n) is 3.03. The third-order valence-electron chi connectivity index (χ3n) is 4.08. The van der Waals surface area contributed by atoms with Gasteiger partial charge in [-0.2, -0.15) is 5.26 Å². The molecule has 1 atom stereocenters. The number of nitrogens with zero attached hydrogens (tertiary/aromatic N) is 1. The molecule has 100 valence electrons. The average Bonchev–Trinajstić information content (AvgIpc) is 2.48. The van der Waals surface area contributed by atoms with Gasteiger partial charge in [0, 0.05) is 0 Å². The molecule has 0 fully saturated rings. The lowest BCUT2D eigenvalue weighted by Gasteiger charge is -2.27. The highest BCUT2D eigenvalue weighted by Gasteiger charge is 2.20. The summed E-state index contributed by atoms with van der Waals surface area (Å²) in [5.74, 6) is 0. The van der Waals surface area contributed by atoms with E-state index >= 15 is 0 Å². The van der Waals surface area contributed by atoms with Gasteiger partial charge in [-0.25, -0.2) is 0 Å². The smallest absolute Gasteiger partial charge is 0.102 e. The Morgan fingerprint density at radius 2 is 2.00 bits per heavy atom. The van der Waals surface area contributed by atoms with Gasteiger partial charge in [0.15, 0.2) is 0 Å². The third kappa shape index (κ3) is 2.28. The summed E-state index contributed by atoms with van der Waals surface area (Å²) < 4.78 is 0. The maximum atomic E-state index is 9.33. The van der Waals surface area contributed by atoms with Gasteiger partial charge in [-0.1, -0.05) is 36.4 Å². The Balaban J connectivity index is 1.94. The summed E-state index contributed by atoms with van der Waals surface area (Å²) in [7, 11) is 0. The second-order valence-corrected chi connectivity index (χ2v) is 5.40. The van der Waals surface area contributed by atoms with Crippen LogP contribution in [-0.4, -0.2) is 0 Å². The normalized spacial score (nSPS) is 17.1. The molecule has 2 nitrogen and oxygen atoms in total. The van der Waals surface area contributed by atoms with Gasteiger partial charge in [0.25, 0.3) is 0 Å². The van der Waals surface area contributed by atoms with Gasteiger partial charge < -0.3 is 5.32 Å². The Labute approximate surface area is 120 Å². The van der Waals surface area contributed by atoms with Crippen LogP contribution in [-0.2, 0) is 6.42 Å². The zero-order valence-corrected chi connectivity index (χ0v) is 11.7. The maximum absolute atomic E-state index is 9.33. The fraction of sp³-hybridized carbons (Fsp3) is 0.278. The fourth-order valence-corrected chi connectivity index (χ4v) is 3.03. The molecular formula is C18H18N2. The lowest BCUT2D eigenvalue weighted by Crippen LogP contribution is -2.17. The van der Waals surface area contributed by atoms with Gasteiger partial charge in [0.05, 0.1) is 17.3 Å². The van der Waals surface area contributed by atoms with E-state index in [1.54, 1.807) is 0 Å². The van der Waals surface area contributed by atoms with E-state index in [1.807, 2.05) is 25.1 Å². The van der Waals surface area contributed by atoms with Gasteiger partial charge in [-0.3, -0.25) is 0 Å². The molecule has 20 heavy (non-hydrogen) atoms. The van der Waals surface area contributed by atoms with E-state index in [2.05, 4.69) is 35.7 Å². The van der Waals surface area contributed by atoms with Crippen LogP contribution in [0.3, 0.4) is 0 Å². The van der Waals surface area contributed by atoms with Crippen LogP contribution in [0.5, 0.6) is 0 Å². The van der Waals surface area contributed by atoms with E-state index in [-0.39, 0.29) is 0 Å². The van der Waals surface area contributed by atoms with Crippen molar-refractivity contribution < 1.29 is 0 Å². The average molecular weight is 262 g/mol. The van der Waals surface area contributed by atoms with Gasteiger partial charge in [-0.15, -0.1) is 0 Å². The highest BCUT2D eigenvalue weighted by atomic mass is 14.9. The first-order chi connectivity index (χ1) is 9.79. The number of hydrogen-bond acceptors (Lipinski definition) is 2. The standard InChI is InChI=1S/C18H18N2/c1-13-6-4-10-18(16(13)12-19)20-17-11-5-8-14-7-2-3-9-15(14)17/h2-4,6-7,9-10,17,20H,5,8,11H2,1H3. The molecule has 2 heteroatoms. The Morgan fingerprint density at radius 3 is 2.85 bits per heavy atom. The molecule has 0 saturated carbocycles. The van der Waals surface area contributed by atoms with Gasteiger partial charge in [0.1, 0.15) is 6.07 Å². The van der Waals surface area contributed by atoms with E-state index in [9.17, 15) is 5.26 Å². The molecule has 0 aliphatic heterocycles. The van der Waals surface area contributed by atoms with Crippen molar-refractivity contribution in [2.45, 2.75) is 32.2 Å². The molecule has 1 N–H and O–H groups in total. The first-order valence-corrected chi connectivity index (χ1v) is 7.13. The van der Waals surface area contributed by atoms with Gasteiger partial charge >= 0.3 is 0 Å². The monoisotopic (exact) mass is 262 g/mol. The second-order valence-electron chi connectivity index (χ2n) is 5.40. The van der Waals surface area contributed by atoms with E-state index in [0.717, 1.165) is 29.7 Å². The summed E-state index contributed by atoms with van der Waals surface area (Å²) in [6.07, 6.45) is 3.48. The molecule has 0 heterocycles. The predicted molar refractivity (Wildman–Crippen MR) is 81.6 cm³/mol. The minimum atomic E-state index is 0.314. The van der Waals surface area contributed by atoms with E-state index in [0.29, 0.717) is 6.04 Å². The Kier molecular flexibility index (Phi) is 3.43. The van der Waals surface area contributed by atoms with Crippen LogP contribution in [0.2, 0.25) is 0 Å². The minimum absolute atomic E-state index is 0.314. The van der Waals surface area contributed by atoms with Crippen LogP contribution in [0, 0.1) is 18.3 Å². The third-order valence-corrected chi connectivity index (χ3v) is 4.08. The van der Waals surface area contributed by atoms with Gasteiger partial charge in [-0.05, 0) is 48.9 Å². The van der Waals surface area contributed by atoms with Crippen LogP contribution in [0.4, 0.5) is 5.69 Å². The second kappa shape index (κ2) is 5.38. The van der Waals surface area contributed by atoms with Crippen molar-refractivity contribution in [3.63, 3.8) is 0 Å². The molecule has 0 aromatic heterocycles. The van der Waals surface area contributed by atoms with Crippen molar-refractivity contribution in [3.05, 3.63) is 64.7 Å². The molecular weight excluding hydrogens is 244 g/mol. The lowest BCUT2D eigenvalue weighted by molar-refractivity contribution is 0.600. The number of rotatable bonds is 2. The van der Waals surface area contributed by atoms with Crippen LogP contribution >= 0.6 is 0 Å². The number of nitrogens with one attached hydrogen (secondary N) is 1. The van der Waals surface area contributed by atoms with Gasteiger partial charge in [0.2, 0.25) is 0 Å². The number of anilines is 1. The Morgan fingerprint density at radius 1 is 1.15 bits per heavy atom. The van der Waals surface area contributed by atoms with Crippen molar-refractivity contribution in [3.8, 4) is 6.07 Å². The maximum Gasteiger partial charge on any atom is 0.102 e. The lowest BCUT2D eigenvalue weighted by atomic mass is 9.87. The number of aryl methyl sites for hydroxylation is 2. The number of fused-ring (bicyclic) bond motifs is 1. The van der Waals surface area contributed by atoms with Crippen LogP contribution < -0.4 is 5.32 Å². The zero-order chi connectivity index (χ0) is 13.9. The van der Waals surface area contributed by atoms with Crippen molar-refractivity contribution in [1.29, 1.82) is 5.26 Å². The van der Waals surface area contributed by atoms with Crippen molar-refractivity contribution in [2.24, 2.45) is 0 Å². The van der Waals surface area contributed by atoms with Crippen molar-refractivity contribution in [1.82, 2.24) is 0 Å². The SMILES string of the molecule is Cc1cccc(NC2CCCc3ccccc32)c1C#N. The van der Waals surface area contributed by atoms with E-state index < -0.39 is 0 Å². The summed E-state index contributed by atoms with van der Waals surface area (Å²) in [5, 5.41) is 12.9. The highest BCUT2D eigenvalue weighted by Crippen LogP contribution is 2.33. The van der Waals surface area contributed by atoms with Crippen molar-refractivity contribution >= 4 is 5.69 Å². The summed E-state index contributed by atoms with van der Waals surface area (Å²) in [6, 6.07) is 17.2. The van der Waals surface area contributed by atoms with E-state index in [1.165, 1.54) is 17.5 Å². The Bertz CT molecular complexity index is 667. The Hall–Kier alpha value is -2.27. The number of hydrogen-bond donors (Lipinski definition) is 1. The molecule has 0 bridgehead atoms. The molecule has 0 saturated heterocycles. The molecule has 1 aliphatic rings. The summed E-state index contributed by atoms with van der Waals surface area (Å²) in [6.45, 7) is 1.98. The van der Waals surface area contributed by atoms with Crippen molar-refractivity contribution in [2.75, 3.05) is 5.32 Å². The largest absolute Gasteiger partial charge is 0.377 e. The zero-order valence-electron chi connectivity index (χ0n) is 11.7. The number of benzene rings is 2. The van der Waals surface area contributed by atoms with Crippen LogP contribution in [0.15, 0.2) is 42.5 Å². The first kappa shape index (κ1) is 12.7. The summed E-state index contributed by atoms with van der Waals surface area (Å²) in [4.78, 5) is 0. The summed E-state index contributed by atoms with van der Waals surface area (Å²) in [5.41, 5.74) is 5.55. The molecule has 2 aromatic rings. The molecule has 1 aliphatic carbocycles. The molecule has 3 rings (SSSR count). The molecule has 2 aromatic carbocycles. The minimum Gasteiger partial charge on any atom is -0.377 e.